The number of aryl methyl sites for hydroxylation is 1. The van der Waals surface area contributed by atoms with E-state index in [1.807, 2.05) is 0 Å². The molecule has 2 aromatic carbocycles. The van der Waals surface area contributed by atoms with E-state index in [4.69, 9.17) is 32.7 Å². The second kappa shape index (κ2) is 10.6. The number of hydrogen-bond acceptors (Lipinski definition) is 7. The molecule has 9 nitrogen and oxygen atoms in total. The van der Waals surface area contributed by atoms with E-state index in [0.29, 0.717) is 10.6 Å². The van der Waals surface area contributed by atoms with Crippen molar-refractivity contribution in [1.29, 1.82) is 0 Å². The van der Waals surface area contributed by atoms with Gasteiger partial charge in [0.05, 0.1) is 24.4 Å². The number of benzene rings is 2. The van der Waals surface area contributed by atoms with Crippen LogP contribution in [0.25, 0.3) is 6.08 Å². The predicted molar refractivity (Wildman–Crippen MR) is 125 cm³/mol. The second-order valence-electron chi connectivity index (χ2n) is 7.02. The van der Waals surface area contributed by atoms with Gasteiger partial charge in [-0.05, 0) is 55.3 Å². The van der Waals surface area contributed by atoms with Gasteiger partial charge in [0.1, 0.15) is 5.57 Å². The minimum atomic E-state index is -0.897. The van der Waals surface area contributed by atoms with Crippen molar-refractivity contribution in [1.82, 2.24) is 5.32 Å². The zero-order chi connectivity index (χ0) is 25.0. The first-order valence-electron chi connectivity index (χ1n) is 9.99. The monoisotopic (exact) mass is 506 g/mol. The number of imide groups is 2. The summed E-state index contributed by atoms with van der Waals surface area (Å²) in [5, 5.41) is 2.57. The Hall–Kier alpha value is -3.56. The third-order valence-electron chi connectivity index (χ3n) is 4.72. The number of hydrogen-bond donors (Lipinski definition) is 1. The molecular formula is C23H20Cl2N2O7. The number of nitrogens with one attached hydrogen (secondary N) is 1. The van der Waals surface area contributed by atoms with Crippen LogP contribution in [0.1, 0.15) is 18.1 Å². The summed E-state index contributed by atoms with van der Waals surface area (Å²) in [6, 6.07) is 6.67. The number of halogens is 2. The average Bonchev–Trinajstić information content (AvgIpc) is 2.78. The van der Waals surface area contributed by atoms with E-state index in [-0.39, 0.29) is 34.4 Å². The van der Waals surface area contributed by atoms with E-state index < -0.39 is 30.4 Å². The van der Waals surface area contributed by atoms with Crippen LogP contribution in [0.4, 0.5) is 10.5 Å². The number of barbiturate groups is 1. The lowest BCUT2D eigenvalue weighted by Crippen LogP contribution is -2.54. The minimum Gasteiger partial charge on any atom is -0.490 e. The summed E-state index contributed by atoms with van der Waals surface area (Å²) in [5.74, 6) is -2.04. The largest absolute Gasteiger partial charge is 0.490 e. The van der Waals surface area contributed by atoms with Crippen LogP contribution >= 0.6 is 23.2 Å². The van der Waals surface area contributed by atoms with Crippen LogP contribution in [0.2, 0.25) is 10.0 Å². The third-order valence-corrected chi connectivity index (χ3v) is 5.41. The highest BCUT2D eigenvalue weighted by atomic mass is 35.5. The molecule has 0 radical (unpaired) electrons. The predicted octanol–water partition coefficient (Wildman–Crippen LogP) is 3.92. The molecular weight excluding hydrogens is 487 g/mol. The molecule has 1 heterocycles. The lowest BCUT2D eigenvalue weighted by molar-refractivity contribution is -0.143. The van der Waals surface area contributed by atoms with Crippen LogP contribution in [0.15, 0.2) is 35.9 Å². The standard InChI is InChI=1S/C23H20Cl2N2O7/c1-4-33-18-9-13(8-17(25)20(18)34-11-19(28)32-3)7-15-21(29)26-23(31)27(22(15)30)14-6-5-12(2)16(24)10-14/h5-10H,4,11H2,1-3H3,(H,26,29,31)/b15-7-. The molecule has 1 saturated heterocycles. The van der Waals surface area contributed by atoms with Gasteiger partial charge in [0.15, 0.2) is 18.1 Å². The molecule has 34 heavy (non-hydrogen) atoms. The fourth-order valence-corrected chi connectivity index (χ4v) is 3.49. The molecule has 0 aliphatic carbocycles. The fourth-order valence-electron chi connectivity index (χ4n) is 3.04. The van der Waals surface area contributed by atoms with Gasteiger partial charge in [-0.25, -0.2) is 14.5 Å². The number of rotatable bonds is 7. The van der Waals surface area contributed by atoms with E-state index in [1.165, 1.54) is 31.4 Å². The van der Waals surface area contributed by atoms with Crippen LogP contribution in [-0.4, -0.2) is 44.1 Å². The summed E-state index contributed by atoms with van der Waals surface area (Å²) >= 11 is 12.5. The van der Waals surface area contributed by atoms with Crippen molar-refractivity contribution in [2.24, 2.45) is 0 Å². The maximum absolute atomic E-state index is 13.1. The minimum absolute atomic E-state index is 0.0728. The van der Waals surface area contributed by atoms with Gasteiger partial charge in [0, 0.05) is 5.02 Å². The Morgan fingerprint density at radius 3 is 2.47 bits per heavy atom. The van der Waals surface area contributed by atoms with Crippen molar-refractivity contribution >= 4 is 58.8 Å². The maximum Gasteiger partial charge on any atom is 0.343 e. The van der Waals surface area contributed by atoms with Gasteiger partial charge in [-0.3, -0.25) is 14.9 Å². The first-order chi connectivity index (χ1) is 16.2. The summed E-state index contributed by atoms with van der Waals surface area (Å²) < 4.78 is 15.5. The number of nitrogens with zero attached hydrogens (tertiary/aromatic N) is 1. The highest BCUT2D eigenvalue weighted by molar-refractivity contribution is 6.39. The van der Waals surface area contributed by atoms with Crippen molar-refractivity contribution in [3.63, 3.8) is 0 Å². The summed E-state index contributed by atoms with van der Waals surface area (Å²) in [4.78, 5) is 50.2. The zero-order valence-electron chi connectivity index (χ0n) is 18.4. The molecule has 3 rings (SSSR count). The molecule has 1 N–H and O–H groups in total. The zero-order valence-corrected chi connectivity index (χ0v) is 20.0. The van der Waals surface area contributed by atoms with Crippen molar-refractivity contribution in [3.8, 4) is 11.5 Å². The Morgan fingerprint density at radius 1 is 1.09 bits per heavy atom. The maximum atomic E-state index is 13.1. The van der Waals surface area contributed by atoms with E-state index >= 15 is 0 Å². The van der Waals surface area contributed by atoms with Crippen molar-refractivity contribution in [2.45, 2.75) is 13.8 Å². The number of carbonyl (C=O) groups is 4. The lowest BCUT2D eigenvalue weighted by atomic mass is 10.1. The van der Waals surface area contributed by atoms with Gasteiger partial charge < -0.3 is 14.2 Å². The summed E-state index contributed by atoms with van der Waals surface area (Å²) in [7, 11) is 1.22. The van der Waals surface area contributed by atoms with Gasteiger partial charge in [0.25, 0.3) is 11.8 Å². The highest BCUT2D eigenvalue weighted by Gasteiger charge is 2.37. The van der Waals surface area contributed by atoms with Gasteiger partial charge in [-0.2, -0.15) is 0 Å². The Kier molecular flexibility index (Phi) is 7.80. The van der Waals surface area contributed by atoms with Crippen molar-refractivity contribution < 1.29 is 33.4 Å². The Balaban J connectivity index is 2.00. The van der Waals surface area contributed by atoms with E-state index in [9.17, 15) is 19.2 Å². The molecule has 1 aliphatic heterocycles. The Morgan fingerprint density at radius 2 is 1.82 bits per heavy atom. The van der Waals surface area contributed by atoms with E-state index in [1.54, 1.807) is 26.0 Å². The topological polar surface area (TPSA) is 111 Å². The van der Waals surface area contributed by atoms with Crippen LogP contribution < -0.4 is 19.7 Å². The quantitative estimate of drug-likeness (QED) is 0.344. The van der Waals surface area contributed by atoms with Crippen LogP contribution in [0.5, 0.6) is 11.5 Å². The summed E-state index contributed by atoms with van der Waals surface area (Å²) in [6.45, 7) is 3.36. The number of amides is 4. The van der Waals surface area contributed by atoms with Gasteiger partial charge in [-0.1, -0.05) is 29.3 Å². The van der Waals surface area contributed by atoms with E-state index in [2.05, 4.69) is 10.1 Å². The highest BCUT2D eigenvalue weighted by Crippen LogP contribution is 2.37. The average molecular weight is 507 g/mol. The van der Waals surface area contributed by atoms with Crippen LogP contribution in [0.3, 0.4) is 0 Å². The molecule has 178 valence electrons. The van der Waals surface area contributed by atoms with Gasteiger partial charge in [0.2, 0.25) is 0 Å². The molecule has 11 heteroatoms. The first-order valence-corrected chi connectivity index (χ1v) is 10.7. The van der Waals surface area contributed by atoms with Gasteiger partial charge >= 0.3 is 12.0 Å². The molecule has 0 unspecified atom stereocenters. The molecule has 4 amide bonds. The fraction of sp³-hybridized carbons (Fsp3) is 0.217. The molecule has 0 bridgehead atoms. The molecule has 0 spiro atoms. The molecule has 0 aromatic heterocycles. The number of urea groups is 1. The molecule has 0 saturated carbocycles. The molecule has 2 aromatic rings. The second-order valence-corrected chi connectivity index (χ2v) is 7.83. The number of methoxy groups -OCH3 is 1. The lowest BCUT2D eigenvalue weighted by Gasteiger charge is -2.26. The smallest absolute Gasteiger partial charge is 0.343 e. The third kappa shape index (κ3) is 5.32. The Bertz CT molecular complexity index is 1210. The van der Waals surface area contributed by atoms with Crippen molar-refractivity contribution in [2.75, 3.05) is 25.2 Å². The first kappa shape index (κ1) is 25.1. The Labute approximate surface area is 205 Å². The molecule has 0 atom stereocenters. The van der Waals surface area contributed by atoms with Crippen LogP contribution in [-0.2, 0) is 19.1 Å². The summed E-state index contributed by atoms with van der Waals surface area (Å²) in [6.07, 6.45) is 1.27. The van der Waals surface area contributed by atoms with Crippen LogP contribution in [0, 0.1) is 6.92 Å². The normalized spacial score (nSPS) is 14.8. The number of anilines is 1. The molecule has 1 fully saturated rings. The number of carbonyl (C=O) groups excluding carboxylic acids is 4. The van der Waals surface area contributed by atoms with E-state index in [0.717, 1.165) is 10.5 Å². The van der Waals surface area contributed by atoms with Crippen molar-refractivity contribution in [3.05, 3.63) is 57.1 Å². The SMILES string of the molecule is CCOc1cc(/C=C2/C(=O)NC(=O)N(c3ccc(C)c(Cl)c3)C2=O)cc(Cl)c1OCC(=O)OC. The summed E-state index contributed by atoms with van der Waals surface area (Å²) in [5.41, 5.74) is 0.984. The molecule has 1 aliphatic rings. The number of esters is 1. The van der Waals surface area contributed by atoms with Gasteiger partial charge in [-0.15, -0.1) is 0 Å². The number of ether oxygens (including phenoxy) is 3.